The Hall–Kier alpha value is -1.78. The van der Waals surface area contributed by atoms with Gasteiger partial charge in [-0.2, -0.15) is 0 Å². The maximum absolute atomic E-state index is 12.1. The Morgan fingerprint density at radius 1 is 1.41 bits per heavy atom. The molecular formula is C12H15N3O2. The summed E-state index contributed by atoms with van der Waals surface area (Å²) in [6.45, 7) is 0. The average molecular weight is 233 g/mol. The second kappa shape index (κ2) is 3.35. The second-order valence-electron chi connectivity index (χ2n) is 4.90. The average Bonchev–Trinajstić information content (AvgIpc) is 2.86. The molecule has 5 nitrogen and oxygen atoms in total. The summed E-state index contributed by atoms with van der Waals surface area (Å²) >= 11 is 0. The third-order valence-corrected chi connectivity index (χ3v) is 3.84. The van der Waals surface area contributed by atoms with Gasteiger partial charge >= 0.3 is 0 Å². The lowest BCUT2D eigenvalue weighted by atomic mass is 9.93. The second-order valence-corrected chi connectivity index (χ2v) is 4.90. The van der Waals surface area contributed by atoms with Gasteiger partial charge in [0.25, 0.3) is 0 Å². The quantitative estimate of drug-likeness (QED) is 0.723. The van der Waals surface area contributed by atoms with Crippen molar-refractivity contribution in [1.29, 1.82) is 0 Å². The summed E-state index contributed by atoms with van der Waals surface area (Å²) in [5.74, 6) is 0.0329. The van der Waals surface area contributed by atoms with Crippen LogP contribution in [0, 0.1) is 0 Å². The number of carbonyl (C=O) groups is 2. The number of fused-ring (bicyclic) bond motifs is 1. The number of nitrogens with one attached hydrogen (secondary N) is 2. The molecule has 2 N–H and O–H groups in total. The van der Waals surface area contributed by atoms with Crippen molar-refractivity contribution in [3.05, 3.63) is 11.9 Å². The van der Waals surface area contributed by atoms with Gasteiger partial charge < -0.3 is 15.2 Å². The van der Waals surface area contributed by atoms with Crippen molar-refractivity contribution in [2.45, 2.75) is 31.2 Å². The fourth-order valence-electron chi connectivity index (χ4n) is 2.88. The smallest absolute Gasteiger partial charge is 0.250 e. The Morgan fingerprint density at radius 3 is 2.76 bits per heavy atom. The van der Waals surface area contributed by atoms with Crippen LogP contribution in [0.2, 0.25) is 0 Å². The lowest BCUT2D eigenvalue weighted by Crippen LogP contribution is -2.50. The molecule has 1 saturated carbocycles. The lowest BCUT2D eigenvalue weighted by molar-refractivity contribution is -0.120. The minimum atomic E-state index is -0.494. The van der Waals surface area contributed by atoms with E-state index in [0.717, 1.165) is 37.7 Å². The van der Waals surface area contributed by atoms with E-state index in [0.29, 0.717) is 11.4 Å². The van der Waals surface area contributed by atoms with Crippen molar-refractivity contribution < 1.29 is 9.59 Å². The van der Waals surface area contributed by atoms with Gasteiger partial charge in [0.2, 0.25) is 5.91 Å². The maximum Gasteiger partial charge on any atom is 0.250 e. The minimum Gasteiger partial charge on any atom is -0.368 e. The molecule has 1 aliphatic carbocycles. The van der Waals surface area contributed by atoms with E-state index in [1.54, 1.807) is 17.8 Å². The van der Waals surface area contributed by atoms with E-state index in [-0.39, 0.29) is 5.91 Å². The molecule has 1 aromatic heterocycles. The summed E-state index contributed by atoms with van der Waals surface area (Å²) < 4.78 is 1.74. The molecule has 1 aliphatic heterocycles. The van der Waals surface area contributed by atoms with E-state index in [2.05, 4.69) is 10.6 Å². The zero-order chi connectivity index (χ0) is 12.0. The topological polar surface area (TPSA) is 63.1 Å². The molecule has 0 saturated heterocycles. The molecule has 0 bridgehead atoms. The van der Waals surface area contributed by atoms with E-state index < -0.39 is 5.54 Å². The Balaban J connectivity index is 2.08. The monoisotopic (exact) mass is 233 g/mol. The number of hydrogen-bond donors (Lipinski definition) is 2. The van der Waals surface area contributed by atoms with Gasteiger partial charge in [0.05, 0.1) is 11.4 Å². The highest BCUT2D eigenvalue weighted by atomic mass is 16.2. The molecule has 1 spiro atoms. The van der Waals surface area contributed by atoms with Crippen LogP contribution < -0.4 is 10.6 Å². The van der Waals surface area contributed by atoms with Crippen LogP contribution in [0.1, 0.15) is 36.2 Å². The molecule has 1 aromatic rings. The van der Waals surface area contributed by atoms with Crippen molar-refractivity contribution in [3.8, 4) is 0 Å². The predicted octanol–water partition coefficient (Wildman–Crippen LogP) is 1.51. The van der Waals surface area contributed by atoms with Crippen LogP contribution in [0.25, 0.3) is 0 Å². The van der Waals surface area contributed by atoms with E-state index in [1.807, 2.05) is 0 Å². The molecule has 2 heterocycles. The van der Waals surface area contributed by atoms with E-state index in [9.17, 15) is 9.59 Å². The zero-order valence-corrected chi connectivity index (χ0v) is 9.75. The van der Waals surface area contributed by atoms with Crippen molar-refractivity contribution in [1.82, 2.24) is 4.57 Å². The fraction of sp³-hybridized carbons (Fsp3) is 0.500. The molecule has 1 fully saturated rings. The number of aldehydes is 1. The van der Waals surface area contributed by atoms with Crippen molar-refractivity contribution in [2.75, 3.05) is 10.6 Å². The molecule has 3 rings (SSSR count). The minimum absolute atomic E-state index is 0.0329. The maximum atomic E-state index is 12.1. The highest BCUT2D eigenvalue weighted by molar-refractivity contribution is 6.08. The highest BCUT2D eigenvalue weighted by Crippen LogP contribution is 2.41. The molecule has 5 heteroatoms. The normalized spacial score (nSPS) is 20.9. The van der Waals surface area contributed by atoms with Crippen LogP contribution in [0.3, 0.4) is 0 Å². The van der Waals surface area contributed by atoms with Crippen LogP contribution in [-0.2, 0) is 11.8 Å². The summed E-state index contributed by atoms with van der Waals surface area (Å²) in [5.41, 5.74) is 1.57. The van der Waals surface area contributed by atoms with E-state index >= 15 is 0 Å². The van der Waals surface area contributed by atoms with Crippen molar-refractivity contribution >= 4 is 23.6 Å². The number of rotatable bonds is 1. The molecule has 1 amide bonds. The number of aromatic nitrogens is 1. The molecule has 90 valence electrons. The SMILES string of the molecule is Cn1cc2c(c1C=O)NC1(CCCC1)C(=O)N2. The van der Waals surface area contributed by atoms with Gasteiger partial charge in [-0.15, -0.1) is 0 Å². The number of carbonyl (C=O) groups excluding carboxylic acids is 2. The van der Waals surface area contributed by atoms with Gasteiger partial charge in [0, 0.05) is 13.2 Å². The van der Waals surface area contributed by atoms with Gasteiger partial charge in [0.1, 0.15) is 11.2 Å². The third-order valence-electron chi connectivity index (χ3n) is 3.84. The van der Waals surface area contributed by atoms with Crippen LogP contribution >= 0.6 is 0 Å². The Bertz CT molecular complexity index is 498. The largest absolute Gasteiger partial charge is 0.368 e. The molecule has 17 heavy (non-hydrogen) atoms. The van der Waals surface area contributed by atoms with Crippen LogP contribution in [0.5, 0.6) is 0 Å². The predicted molar refractivity (Wildman–Crippen MR) is 64.3 cm³/mol. The summed E-state index contributed by atoms with van der Waals surface area (Å²) in [7, 11) is 1.80. The van der Waals surface area contributed by atoms with Crippen molar-refractivity contribution in [2.24, 2.45) is 7.05 Å². The Morgan fingerprint density at radius 2 is 2.12 bits per heavy atom. The molecular weight excluding hydrogens is 218 g/mol. The van der Waals surface area contributed by atoms with Gasteiger partial charge in [0.15, 0.2) is 6.29 Å². The molecule has 2 aliphatic rings. The van der Waals surface area contributed by atoms with E-state index in [1.165, 1.54) is 0 Å². The lowest BCUT2D eigenvalue weighted by Gasteiger charge is -2.34. The summed E-state index contributed by atoms with van der Waals surface area (Å²) in [6.07, 6.45) is 6.38. The highest BCUT2D eigenvalue weighted by Gasteiger charge is 2.45. The van der Waals surface area contributed by atoms with Crippen LogP contribution in [0.15, 0.2) is 6.20 Å². The number of hydrogen-bond acceptors (Lipinski definition) is 3. The van der Waals surface area contributed by atoms with E-state index in [4.69, 9.17) is 0 Å². The standard InChI is InChI=1S/C12H15N3O2/c1-15-6-8-10(9(15)7-16)14-12(11(17)13-8)4-2-3-5-12/h6-7,14H,2-5H2,1H3,(H,13,17). The first-order valence-corrected chi connectivity index (χ1v) is 5.90. The molecule has 0 aromatic carbocycles. The summed E-state index contributed by atoms with van der Waals surface area (Å²) in [5, 5.41) is 6.21. The molecule has 0 atom stereocenters. The first-order chi connectivity index (χ1) is 8.16. The first kappa shape index (κ1) is 10.4. The number of nitrogens with zero attached hydrogens (tertiary/aromatic N) is 1. The van der Waals surface area contributed by atoms with Crippen molar-refractivity contribution in [3.63, 3.8) is 0 Å². The molecule has 0 unspecified atom stereocenters. The van der Waals surface area contributed by atoms with Gasteiger partial charge in [-0.25, -0.2) is 0 Å². The van der Waals surface area contributed by atoms with Crippen LogP contribution in [0.4, 0.5) is 11.4 Å². The number of amides is 1. The first-order valence-electron chi connectivity index (χ1n) is 5.90. The Labute approximate surface area is 99.2 Å². The van der Waals surface area contributed by atoms with Gasteiger partial charge in [-0.1, -0.05) is 12.8 Å². The number of aryl methyl sites for hydroxylation is 1. The zero-order valence-electron chi connectivity index (χ0n) is 9.75. The van der Waals surface area contributed by atoms with Gasteiger partial charge in [-0.05, 0) is 12.8 Å². The fourth-order valence-corrected chi connectivity index (χ4v) is 2.88. The van der Waals surface area contributed by atoms with Crippen LogP contribution in [-0.4, -0.2) is 22.3 Å². The third kappa shape index (κ3) is 1.31. The summed E-state index contributed by atoms with van der Waals surface area (Å²) in [4.78, 5) is 23.2. The number of anilines is 2. The molecule has 0 radical (unpaired) electrons. The summed E-state index contributed by atoms with van der Waals surface area (Å²) in [6, 6.07) is 0. The Kier molecular flexibility index (Phi) is 2.05. The van der Waals surface area contributed by atoms with Gasteiger partial charge in [-0.3, -0.25) is 9.59 Å².